The van der Waals surface area contributed by atoms with E-state index in [4.69, 9.17) is 4.74 Å². The summed E-state index contributed by atoms with van der Waals surface area (Å²) >= 11 is 1.42. The molecule has 1 amide bonds. The minimum absolute atomic E-state index is 0.174. The van der Waals surface area contributed by atoms with Crippen LogP contribution in [-0.4, -0.2) is 23.7 Å². The van der Waals surface area contributed by atoms with Crippen molar-refractivity contribution in [3.63, 3.8) is 0 Å². The van der Waals surface area contributed by atoms with Crippen LogP contribution >= 0.6 is 11.8 Å². The van der Waals surface area contributed by atoms with Gasteiger partial charge in [0, 0.05) is 10.6 Å². The van der Waals surface area contributed by atoms with Gasteiger partial charge in [-0.2, -0.15) is 0 Å². The van der Waals surface area contributed by atoms with E-state index in [1.165, 1.54) is 11.8 Å². The van der Waals surface area contributed by atoms with Gasteiger partial charge in [-0.05, 0) is 44.5 Å². The van der Waals surface area contributed by atoms with Crippen LogP contribution in [0.3, 0.4) is 0 Å². The lowest BCUT2D eigenvalue weighted by molar-refractivity contribution is -0.150. The fraction of sp³-hybridized carbons (Fsp3) is 0.263. The fourth-order valence-corrected chi connectivity index (χ4v) is 2.96. The fourth-order valence-electron chi connectivity index (χ4n) is 2.05. The van der Waals surface area contributed by atoms with Crippen LogP contribution in [0, 0.1) is 13.8 Å². The highest BCUT2D eigenvalue weighted by Gasteiger charge is 2.18. The normalized spacial score (nSPS) is 11.6. The van der Waals surface area contributed by atoms with Gasteiger partial charge in [-0.15, -0.1) is 11.8 Å². The van der Waals surface area contributed by atoms with E-state index in [9.17, 15) is 9.59 Å². The minimum atomic E-state index is -0.836. The molecule has 0 saturated heterocycles. The number of carbonyl (C=O) groups is 2. The molecule has 0 fully saturated rings. The molecule has 0 spiro atoms. The monoisotopic (exact) mass is 343 g/mol. The van der Waals surface area contributed by atoms with Gasteiger partial charge >= 0.3 is 5.97 Å². The lowest BCUT2D eigenvalue weighted by Crippen LogP contribution is -2.30. The first-order chi connectivity index (χ1) is 11.5. The average Bonchev–Trinajstić information content (AvgIpc) is 2.56. The summed E-state index contributed by atoms with van der Waals surface area (Å²) in [6.07, 6.45) is -0.836. The zero-order valence-corrected chi connectivity index (χ0v) is 14.9. The maximum atomic E-state index is 12.0. The number of rotatable bonds is 6. The molecule has 0 aliphatic heterocycles. The standard InChI is InChI=1S/C19H21NO3S/c1-13-9-10-14(2)17(11-13)24-12-18(21)23-15(3)19(22)20-16-7-5-4-6-8-16/h4-11,15H,12H2,1-3H3,(H,20,22)/t15-/m0/s1. The van der Waals surface area contributed by atoms with E-state index in [2.05, 4.69) is 5.32 Å². The Labute approximate surface area is 146 Å². The first-order valence-corrected chi connectivity index (χ1v) is 8.69. The van der Waals surface area contributed by atoms with Crippen molar-refractivity contribution in [3.8, 4) is 0 Å². The molecule has 0 heterocycles. The summed E-state index contributed by atoms with van der Waals surface area (Å²) < 4.78 is 5.20. The highest BCUT2D eigenvalue weighted by Crippen LogP contribution is 2.23. The highest BCUT2D eigenvalue weighted by molar-refractivity contribution is 8.00. The van der Waals surface area contributed by atoms with Gasteiger partial charge in [0.05, 0.1) is 5.75 Å². The van der Waals surface area contributed by atoms with E-state index >= 15 is 0 Å². The quantitative estimate of drug-likeness (QED) is 0.637. The van der Waals surface area contributed by atoms with Crippen molar-refractivity contribution < 1.29 is 14.3 Å². The van der Waals surface area contributed by atoms with Gasteiger partial charge < -0.3 is 10.1 Å². The van der Waals surface area contributed by atoms with Crippen molar-refractivity contribution in [1.29, 1.82) is 0 Å². The molecule has 1 N–H and O–H groups in total. The van der Waals surface area contributed by atoms with E-state index < -0.39 is 12.1 Å². The van der Waals surface area contributed by atoms with E-state index in [0.29, 0.717) is 5.69 Å². The number of esters is 1. The third kappa shape index (κ3) is 5.42. The number of anilines is 1. The van der Waals surface area contributed by atoms with Crippen molar-refractivity contribution in [2.24, 2.45) is 0 Å². The molecular formula is C19H21NO3S. The molecule has 2 aromatic carbocycles. The average molecular weight is 343 g/mol. The Morgan fingerprint density at radius 1 is 1.12 bits per heavy atom. The molecule has 0 unspecified atom stereocenters. The summed E-state index contributed by atoms with van der Waals surface area (Å²) in [6, 6.07) is 15.2. The second-order valence-corrected chi connectivity index (χ2v) is 6.56. The van der Waals surface area contributed by atoms with Crippen LogP contribution in [0.5, 0.6) is 0 Å². The van der Waals surface area contributed by atoms with E-state index in [1.54, 1.807) is 19.1 Å². The van der Waals surface area contributed by atoms with E-state index in [0.717, 1.165) is 16.0 Å². The maximum absolute atomic E-state index is 12.0. The third-order valence-corrected chi connectivity index (χ3v) is 4.54. The lowest BCUT2D eigenvalue weighted by Gasteiger charge is -2.14. The number of thioether (sulfide) groups is 1. The number of hydrogen-bond acceptors (Lipinski definition) is 4. The molecular weight excluding hydrogens is 322 g/mol. The maximum Gasteiger partial charge on any atom is 0.317 e. The number of amides is 1. The largest absolute Gasteiger partial charge is 0.452 e. The van der Waals surface area contributed by atoms with E-state index in [1.807, 2.05) is 50.2 Å². The Balaban J connectivity index is 1.83. The summed E-state index contributed by atoms with van der Waals surface area (Å²) in [4.78, 5) is 25.0. The molecule has 0 bridgehead atoms. The topological polar surface area (TPSA) is 55.4 Å². The highest BCUT2D eigenvalue weighted by atomic mass is 32.2. The summed E-state index contributed by atoms with van der Waals surface area (Å²) in [5.74, 6) is -0.573. The summed E-state index contributed by atoms with van der Waals surface area (Å²) in [5, 5.41) is 2.71. The van der Waals surface area contributed by atoms with Gasteiger partial charge in [-0.3, -0.25) is 9.59 Å². The molecule has 0 aliphatic carbocycles. The number of para-hydroxylation sites is 1. The minimum Gasteiger partial charge on any atom is -0.452 e. The third-order valence-electron chi connectivity index (χ3n) is 3.41. The van der Waals surface area contributed by atoms with Crippen LogP contribution < -0.4 is 5.32 Å². The van der Waals surface area contributed by atoms with Crippen LogP contribution in [0.25, 0.3) is 0 Å². The van der Waals surface area contributed by atoms with Crippen LogP contribution in [-0.2, 0) is 14.3 Å². The van der Waals surface area contributed by atoms with Crippen LogP contribution in [0.4, 0.5) is 5.69 Å². The van der Waals surface area contributed by atoms with Gasteiger partial charge in [0.25, 0.3) is 5.91 Å². The summed E-state index contributed by atoms with van der Waals surface area (Å²) in [6.45, 7) is 5.58. The predicted octanol–water partition coefficient (Wildman–Crippen LogP) is 3.97. The second-order valence-electron chi connectivity index (χ2n) is 5.54. The zero-order valence-electron chi connectivity index (χ0n) is 14.0. The smallest absolute Gasteiger partial charge is 0.317 e. The Morgan fingerprint density at radius 2 is 1.83 bits per heavy atom. The van der Waals surface area contributed by atoms with Crippen LogP contribution in [0.2, 0.25) is 0 Å². The number of aryl methyl sites for hydroxylation is 2. The van der Waals surface area contributed by atoms with Crippen LogP contribution in [0.15, 0.2) is 53.4 Å². The molecule has 0 aliphatic rings. The van der Waals surface area contributed by atoms with Gasteiger partial charge in [0.2, 0.25) is 0 Å². The molecule has 126 valence electrons. The molecule has 0 aromatic heterocycles. The molecule has 4 nitrogen and oxygen atoms in total. The molecule has 24 heavy (non-hydrogen) atoms. The van der Waals surface area contributed by atoms with Crippen molar-refractivity contribution in [2.45, 2.75) is 31.8 Å². The van der Waals surface area contributed by atoms with Crippen molar-refractivity contribution in [1.82, 2.24) is 0 Å². The Kier molecular flexibility index (Phi) is 6.44. The van der Waals surface area contributed by atoms with Crippen molar-refractivity contribution in [2.75, 3.05) is 11.1 Å². The number of benzene rings is 2. The first-order valence-electron chi connectivity index (χ1n) is 7.71. The summed E-state index contributed by atoms with van der Waals surface area (Å²) in [7, 11) is 0. The number of carbonyl (C=O) groups excluding carboxylic acids is 2. The van der Waals surface area contributed by atoms with Gasteiger partial charge in [-0.1, -0.05) is 35.9 Å². The molecule has 2 rings (SSSR count). The number of nitrogens with one attached hydrogen (secondary N) is 1. The molecule has 0 radical (unpaired) electrons. The molecule has 5 heteroatoms. The van der Waals surface area contributed by atoms with Gasteiger partial charge in [0.15, 0.2) is 6.10 Å². The second kappa shape index (κ2) is 8.55. The van der Waals surface area contributed by atoms with Gasteiger partial charge in [-0.25, -0.2) is 0 Å². The van der Waals surface area contributed by atoms with Gasteiger partial charge in [0.1, 0.15) is 0 Å². The van der Waals surface area contributed by atoms with Crippen molar-refractivity contribution in [3.05, 3.63) is 59.7 Å². The molecule has 0 saturated carbocycles. The summed E-state index contributed by atoms with van der Waals surface area (Å²) in [5.41, 5.74) is 2.94. The lowest BCUT2D eigenvalue weighted by atomic mass is 10.2. The SMILES string of the molecule is Cc1ccc(C)c(SCC(=O)O[C@@H](C)C(=O)Nc2ccccc2)c1. The number of hydrogen-bond donors (Lipinski definition) is 1. The predicted molar refractivity (Wildman–Crippen MR) is 97.3 cm³/mol. The van der Waals surface area contributed by atoms with E-state index in [-0.39, 0.29) is 11.7 Å². The Bertz CT molecular complexity index is 716. The Morgan fingerprint density at radius 3 is 2.54 bits per heavy atom. The molecule has 1 atom stereocenters. The van der Waals surface area contributed by atoms with Crippen molar-refractivity contribution >= 4 is 29.3 Å². The molecule has 2 aromatic rings. The zero-order chi connectivity index (χ0) is 17.5. The number of ether oxygens (including phenoxy) is 1. The van der Waals surface area contributed by atoms with Crippen LogP contribution in [0.1, 0.15) is 18.1 Å². The first kappa shape index (κ1) is 18.1. The Hall–Kier alpha value is -2.27.